The Morgan fingerprint density at radius 2 is 2.13 bits per heavy atom. The van der Waals surface area contributed by atoms with Crippen molar-refractivity contribution in [3.63, 3.8) is 0 Å². The Bertz CT molecular complexity index is 482. The minimum atomic E-state index is -0.222. The highest BCUT2D eigenvalue weighted by Crippen LogP contribution is 2.51. The Hall–Kier alpha value is -0.600. The zero-order chi connectivity index (χ0) is 17.0. The van der Waals surface area contributed by atoms with Crippen molar-refractivity contribution < 1.29 is 9.90 Å². The molecule has 0 radical (unpaired) electrons. The normalized spacial score (nSPS) is 41.4. The van der Waals surface area contributed by atoms with E-state index in [-0.39, 0.29) is 28.6 Å². The van der Waals surface area contributed by atoms with E-state index in [2.05, 4.69) is 19.1 Å². The van der Waals surface area contributed by atoms with E-state index < -0.39 is 0 Å². The molecule has 0 aromatic carbocycles. The van der Waals surface area contributed by atoms with E-state index in [0.717, 1.165) is 44.9 Å². The van der Waals surface area contributed by atoms with Crippen LogP contribution in [0.25, 0.3) is 0 Å². The fraction of sp³-hybridized carbons (Fsp3) is 0.750. The lowest BCUT2D eigenvalue weighted by Gasteiger charge is -2.43. The minimum absolute atomic E-state index is 0.156. The van der Waals surface area contributed by atoms with Crippen molar-refractivity contribution >= 4 is 17.4 Å². The van der Waals surface area contributed by atoms with Crippen molar-refractivity contribution in [2.75, 3.05) is 0 Å². The number of carbonyl (C=O) groups is 1. The molecule has 3 rings (SSSR count). The van der Waals surface area contributed by atoms with Crippen molar-refractivity contribution in [1.82, 2.24) is 0 Å². The van der Waals surface area contributed by atoms with Gasteiger partial charge in [-0.1, -0.05) is 38.5 Å². The quantitative estimate of drug-likeness (QED) is 0.565. The number of halogens is 1. The van der Waals surface area contributed by atoms with Gasteiger partial charge in [0.2, 0.25) is 0 Å². The molecule has 3 heteroatoms. The van der Waals surface area contributed by atoms with Gasteiger partial charge in [-0.05, 0) is 62.9 Å². The van der Waals surface area contributed by atoms with Crippen LogP contribution in [0.4, 0.5) is 0 Å². The molecule has 0 bridgehead atoms. The molecule has 3 aliphatic rings. The number of aliphatic hydroxyl groups is 1. The van der Waals surface area contributed by atoms with Crippen LogP contribution in [-0.4, -0.2) is 22.4 Å². The molecular formula is C20H31ClO2. The summed E-state index contributed by atoms with van der Waals surface area (Å²) in [7, 11) is 0. The van der Waals surface area contributed by atoms with E-state index in [1.807, 2.05) is 13.8 Å². The number of hydrogen-bond acceptors (Lipinski definition) is 2. The molecule has 0 spiro atoms. The fourth-order valence-corrected chi connectivity index (χ4v) is 4.76. The summed E-state index contributed by atoms with van der Waals surface area (Å²) in [5.41, 5.74) is 1.15. The molecule has 0 saturated heterocycles. The first-order chi connectivity index (χ1) is 11.0. The van der Waals surface area contributed by atoms with Gasteiger partial charge in [0.25, 0.3) is 0 Å². The molecule has 5 atom stereocenters. The predicted octanol–water partition coefficient (Wildman–Crippen LogP) is 5.04. The average Bonchev–Trinajstić information content (AvgIpc) is 2.85. The van der Waals surface area contributed by atoms with E-state index in [9.17, 15) is 9.90 Å². The summed E-state index contributed by atoms with van der Waals surface area (Å²) < 4.78 is 0. The Morgan fingerprint density at radius 1 is 1.39 bits per heavy atom. The van der Waals surface area contributed by atoms with Crippen LogP contribution >= 0.6 is 11.6 Å². The Kier molecular flexibility index (Phi) is 6.50. The lowest BCUT2D eigenvalue weighted by molar-refractivity contribution is -0.126. The number of aliphatic hydroxyl groups excluding tert-OH is 1. The van der Waals surface area contributed by atoms with Gasteiger partial charge < -0.3 is 5.11 Å². The number of allylic oxidation sites excluding steroid dienone is 3. The van der Waals surface area contributed by atoms with E-state index in [4.69, 9.17) is 11.6 Å². The largest absolute Gasteiger partial charge is 0.393 e. The van der Waals surface area contributed by atoms with Gasteiger partial charge in [0.1, 0.15) is 0 Å². The van der Waals surface area contributed by atoms with E-state index in [1.165, 1.54) is 5.57 Å². The maximum absolute atomic E-state index is 12.2. The van der Waals surface area contributed by atoms with Crippen LogP contribution in [0.15, 0.2) is 23.8 Å². The summed E-state index contributed by atoms with van der Waals surface area (Å²) in [6, 6.07) is 0. The number of alkyl halides is 1. The summed E-state index contributed by atoms with van der Waals surface area (Å²) in [5.74, 6) is 0.910. The maximum atomic E-state index is 12.2. The molecule has 0 aromatic heterocycles. The van der Waals surface area contributed by atoms with Gasteiger partial charge in [-0.3, -0.25) is 4.79 Å². The minimum Gasteiger partial charge on any atom is -0.393 e. The molecule has 4 unspecified atom stereocenters. The second-order valence-electron chi connectivity index (χ2n) is 7.23. The maximum Gasteiger partial charge on any atom is 0.161 e. The summed E-state index contributed by atoms with van der Waals surface area (Å²) in [6.07, 6.45) is 12.7. The Balaban J connectivity index is 0.000000924. The van der Waals surface area contributed by atoms with Gasteiger partial charge in [-0.25, -0.2) is 0 Å². The second-order valence-corrected chi connectivity index (χ2v) is 7.79. The zero-order valence-electron chi connectivity index (χ0n) is 14.7. The topological polar surface area (TPSA) is 37.3 Å². The van der Waals surface area contributed by atoms with Crippen molar-refractivity contribution in [2.45, 2.75) is 77.2 Å². The third-order valence-corrected chi connectivity index (χ3v) is 6.37. The lowest BCUT2D eigenvalue weighted by atomic mass is 9.62. The second kappa shape index (κ2) is 7.98. The van der Waals surface area contributed by atoms with Crippen molar-refractivity contribution in [3.05, 3.63) is 23.8 Å². The van der Waals surface area contributed by atoms with Crippen LogP contribution in [0.3, 0.4) is 0 Å². The molecule has 1 N–H and O–H groups in total. The molecule has 2 fully saturated rings. The highest BCUT2D eigenvalue weighted by molar-refractivity contribution is 6.21. The number of fused-ring (bicyclic) bond motifs is 1. The lowest BCUT2D eigenvalue weighted by Crippen LogP contribution is -2.42. The SMILES string of the molecule is CC.C[C@]12CCC(Cl)C(C/C=C3\CCCC(O)C3)C1C=CC2=O. The summed E-state index contributed by atoms with van der Waals surface area (Å²) >= 11 is 6.58. The first kappa shape index (κ1) is 18.7. The monoisotopic (exact) mass is 338 g/mol. The van der Waals surface area contributed by atoms with E-state index >= 15 is 0 Å². The van der Waals surface area contributed by atoms with Gasteiger partial charge in [-0.2, -0.15) is 0 Å². The molecule has 130 valence electrons. The van der Waals surface area contributed by atoms with Crippen molar-refractivity contribution in [3.8, 4) is 0 Å². The molecule has 0 aromatic rings. The van der Waals surface area contributed by atoms with Crippen LogP contribution in [0.2, 0.25) is 0 Å². The first-order valence-electron chi connectivity index (χ1n) is 9.23. The fourth-order valence-electron chi connectivity index (χ4n) is 4.39. The van der Waals surface area contributed by atoms with Crippen LogP contribution in [0, 0.1) is 17.3 Å². The Morgan fingerprint density at radius 3 is 2.83 bits per heavy atom. The molecule has 0 heterocycles. The number of ketones is 1. The third kappa shape index (κ3) is 3.91. The molecule has 23 heavy (non-hydrogen) atoms. The van der Waals surface area contributed by atoms with Gasteiger partial charge in [-0.15, -0.1) is 11.6 Å². The predicted molar refractivity (Wildman–Crippen MR) is 96.6 cm³/mol. The van der Waals surface area contributed by atoms with Crippen molar-refractivity contribution in [2.24, 2.45) is 17.3 Å². The van der Waals surface area contributed by atoms with Gasteiger partial charge >= 0.3 is 0 Å². The van der Waals surface area contributed by atoms with E-state index in [0.29, 0.717) is 5.92 Å². The number of hydrogen-bond donors (Lipinski definition) is 1. The van der Waals surface area contributed by atoms with Gasteiger partial charge in [0, 0.05) is 10.8 Å². The van der Waals surface area contributed by atoms with Crippen LogP contribution in [-0.2, 0) is 4.79 Å². The molecule has 0 aliphatic heterocycles. The molecule has 2 saturated carbocycles. The van der Waals surface area contributed by atoms with Crippen LogP contribution < -0.4 is 0 Å². The molecule has 2 nitrogen and oxygen atoms in total. The number of carbonyl (C=O) groups excluding carboxylic acids is 1. The first-order valence-corrected chi connectivity index (χ1v) is 9.67. The van der Waals surface area contributed by atoms with Crippen LogP contribution in [0.5, 0.6) is 0 Å². The van der Waals surface area contributed by atoms with Crippen LogP contribution in [0.1, 0.15) is 65.7 Å². The standard InChI is InChI=1S/C18H25ClO2.C2H6/c1-18-10-9-16(19)14(15(18)7-8-17(18)21)6-5-12-3-2-4-13(20)11-12;1-2/h5,7-8,13-16,20H,2-4,6,9-11H2,1H3;1-2H3/b12-5+;/t13?,14?,15?,16?,18-;/m0./s1. The zero-order valence-corrected chi connectivity index (χ0v) is 15.5. The van der Waals surface area contributed by atoms with Gasteiger partial charge in [0.15, 0.2) is 5.78 Å². The Labute approximate surface area is 146 Å². The summed E-state index contributed by atoms with van der Waals surface area (Å²) in [4.78, 5) is 12.2. The van der Waals surface area contributed by atoms with E-state index in [1.54, 1.807) is 6.08 Å². The molecule has 3 aliphatic carbocycles. The highest BCUT2D eigenvalue weighted by atomic mass is 35.5. The number of rotatable bonds is 2. The molecular weight excluding hydrogens is 308 g/mol. The van der Waals surface area contributed by atoms with Gasteiger partial charge in [0.05, 0.1) is 6.10 Å². The summed E-state index contributed by atoms with van der Waals surface area (Å²) in [6.45, 7) is 6.10. The van der Waals surface area contributed by atoms with Crippen molar-refractivity contribution in [1.29, 1.82) is 0 Å². The average molecular weight is 339 g/mol. The summed E-state index contributed by atoms with van der Waals surface area (Å²) in [5, 5.41) is 9.93. The smallest absolute Gasteiger partial charge is 0.161 e. The highest BCUT2D eigenvalue weighted by Gasteiger charge is 2.50. The third-order valence-electron chi connectivity index (χ3n) is 5.83. The molecule has 0 amide bonds.